The Morgan fingerprint density at radius 1 is 1.39 bits per heavy atom. The van der Waals surface area contributed by atoms with Gasteiger partial charge in [0.05, 0.1) is 17.7 Å². The zero-order chi connectivity index (χ0) is 13.1. The third kappa shape index (κ3) is 2.04. The van der Waals surface area contributed by atoms with Crippen LogP contribution in [0.25, 0.3) is 10.9 Å². The molecule has 18 heavy (non-hydrogen) atoms. The number of ether oxygens (including phenoxy) is 1. The van der Waals surface area contributed by atoms with Crippen molar-refractivity contribution in [2.45, 2.75) is 26.8 Å². The van der Waals surface area contributed by atoms with E-state index in [0.29, 0.717) is 17.3 Å². The zero-order valence-electron chi connectivity index (χ0n) is 10.5. The SMILES string of the molecule is CCCn1c(Cl)c(C#N)c2cc(OCC)ccc21. The van der Waals surface area contributed by atoms with Gasteiger partial charge in [0.25, 0.3) is 0 Å². The van der Waals surface area contributed by atoms with Crippen LogP contribution in [-0.2, 0) is 6.54 Å². The molecular weight excluding hydrogens is 248 g/mol. The first-order chi connectivity index (χ1) is 8.72. The molecule has 0 spiro atoms. The normalized spacial score (nSPS) is 10.6. The lowest BCUT2D eigenvalue weighted by Crippen LogP contribution is -1.96. The molecule has 0 saturated heterocycles. The van der Waals surface area contributed by atoms with E-state index in [9.17, 15) is 5.26 Å². The van der Waals surface area contributed by atoms with Gasteiger partial charge >= 0.3 is 0 Å². The van der Waals surface area contributed by atoms with Crippen molar-refractivity contribution in [1.82, 2.24) is 4.57 Å². The Hall–Kier alpha value is -1.66. The van der Waals surface area contributed by atoms with Crippen LogP contribution >= 0.6 is 11.6 Å². The Balaban J connectivity index is 2.67. The van der Waals surface area contributed by atoms with Crippen molar-refractivity contribution in [3.05, 3.63) is 28.9 Å². The fourth-order valence-corrected chi connectivity index (χ4v) is 2.43. The van der Waals surface area contributed by atoms with Gasteiger partial charge in [-0.15, -0.1) is 0 Å². The number of halogens is 1. The number of hydrogen-bond donors (Lipinski definition) is 0. The summed E-state index contributed by atoms with van der Waals surface area (Å²) < 4.78 is 7.44. The lowest BCUT2D eigenvalue weighted by molar-refractivity contribution is 0.340. The Bertz CT molecular complexity index is 610. The molecule has 4 heteroatoms. The van der Waals surface area contributed by atoms with E-state index in [-0.39, 0.29) is 0 Å². The molecular formula is C14H15ClN2O. The highest BCUT2D eigenvalue weighted by Gasteiger charge is 2.15. The van der Waals surface area contributed by atoms with E-state index >= 15 is 0 Å². The van der Waals surface area contributed by atoms with Gasteiger partial charge in [-0.3, -0.25) is 0 Å². The van der Waals surface area contributed by atoms with Crippen molar-refractivity contribution in [1.29, 1.82) is 5.26 Å². The van der Waals surface area contributed by atoms with E-state index in [1.165, 1.54) is 0 Å². The molecule has 94 valence electrons. The number of rotatable bonds is 4. The number of benzene rings is 1. The lowest BCUT2D eigenvalue weighted by atomic mass is 10.2. The van der Waals surface area contributed by atoms with Crippen LogP contribution in [-0.4, -0.2) is 11.2 Å². The summed E-state index contributed by atoms with van der Waals surface area (Å²) in [6, 6.07) is 7.94. The number of aryl methyl sites for hydroxylation is 1. The first-order valence-corrected chi connectivity index (χ1v) is 6.45. The van der Waals surface area contributed by atoms with E-state index in [1.807, 2.05) is 29.7 Å². The molecule has 0 N–H and O–H groups in total. The maximum absolute atomic E-state index is 9.23. The number of fused-ring (bicyclic) bond motifs is 1. The largest absolute Gasteiger partial charge is 0.494 e. The lowest BCUT2D eigenvalue weighted by Gasteiger charge is -2.06. The van der Waals surface area contributed by atoms with Crippen LogP contribution < -0.4 is 4.74 Å². The predicted molar refractivity (Wildman–Crippen MR) is 73.1 cm³/mol. The highest BCUT2D eigenvalue weighted by Crippen LogP contribution is 2.32. The predicted octanol–water partition coefficient (Wildman–Crippen LogP) is 3.98. The van der Waals surface area contributed by atoms with Gasteiger partial charge < -0.3 is 9.30 Å². The maximum Gasteiger partial charge on any atom is 0.128 e. The molecule has 0 fully saturated rings. The van der Waals surface area contributed by atoms with E-state index in [0.717, 1.165) is 29.6 Å². The molecule has 0 radical (unpaired) electrons. The monoisotopic (exact) mass is 262 g/mol. The van der Waals surface area contributed by atoms with Crippen LogP contribution in [0.3, 0.4) is 0 Å². The van der Waals surface area contributed by atoms with Gasteiger partial charge in [0.1, 0.15) is 17.0 Å². The third-order valence-corrected chi connectivity index (χ3v) is 3.23. The van der Waals surface area contributed by atoms with Crippen LogP contribution in [0, 0.1) is 11.3 Å². The van der Waals surface area contributed by atoms with E-state index in [2.05, 4.69) is 13.0 Å². The molecule has 0 aliphatic rings. The summed E-state index contributed by atoms with van der Waals surface area (Å²) in [6.07, 6.45) is 0.974. The summed E-state index contributed by atoms with van der Waals surface area (Å²) in [5.74, 6) is 0.770. The summed E-state index contributed by atoms with van der Waals surface area (Å²) >= 11 is 6.26. The summed E-state index contributed by atoms with van der Waals surface area (Å²) in [5.41, 5.74) is 1.52. The van der Waals surface area contributed by atoms with Crippen LogP contribution in [0.2, 0.25) is 5.15 Å². The smallest absolute Gasteiger partial charge is 0.128 e. The zero-order valence-corrected chi connectivity index (χ0v) is 11.3. The van der Waals surface area contributed by atoms with Crippen molar-refractivity contribution in [2.75, 3.05) is 6.61 Å². The summed E-state index contributed by atoms with van der Waals surface area (Å²) in [7, 11) is 0. The summed E-state index contributed by atoms with van der Waals surface area (Å²) in [4.78, 5) is 0. The van der Waals surface area contributed by atoms with Crippen molar-refractivity contribution >= 4 is 22.5 Å². The van der Waals surface area contributed by atoms with Gasteiger partial charge in [0, 0.05) is 11.9 Å². The van der Waals surface area contributed by atoms with Gasteiger partial charge in [-0.2, -0.15) is 5.26 Å². The Morgan fingerprint density at radius 2 is 2.17 bits per heavy atom. The van der Waals surface area contributed by atoms with Crippen LogP contribution in [0.5, 0.6) is 5.75 Å². The Morgan fingerprint density at radius 3 is 2.78 bits per heavy atom. The first-order valence-electron chi connectivity index (χ1n) is 6.07. The van der Waals surface area contributed by atoms with E-state index < -0.39 is 0 Å². The number of hydrogen-bond acceptors (Lipinski definition) is 2. The molecule has 1 aromatic heterocycles. The highest BCUT2D eigenvalue weighted by atomic mass is 35.5. The topological polar surface area (TPSA) is 38.0 Å². The summed E-state index contributed by atoms with van der Waals surface area (Å²) in [6.45, 7) is 5.44. The Labute approximate surface area is 112 Å². The molecule has 0 aliphatic heterocycles. The maximum atomic E-state index is 9.23. The van der Waals surface area contributed by atoms with Crippen molar-refractivity contribution in [3.8, 4) is 11.8 Å². The summed E-state index contributed by atoms with van der Waals surface area (Å²) in [5, 5.41) is 10.6. The molecule has 2 aromatic rings. The van der Waals surface area contributed by atoms with Crippen LogP contribution in [0.4, 0.5) is 0 Å². The van der Waals surface area contributed by atoms with Gasteiger partial charge in [0.2, 0.25) is 0 Å². The van der Waals surface area contributed by atoms with Gasteiger partial charge in [-0.1, -0.05) is 18.5 Å². The minimum atomic E-state index is 0.517. The highest BCUT2D eigenvalue weighted by molar-refractivity contribution is 6.32. The fraction of sp³-hybridized carbons (Fsp3) is 0.357. The quantitative estimate of drug-likeness (QED) is 0.836. The first kappa shape index (κ1) is 12.8. The van der Waals surface area contributed by atoms with E-state index in [1.54, 1.807) is 0 Å². The molecule has 1 heterocycles. The standard InChI is InChI=1S/C14H15ClN2O/c1-3-7-17-13-6-5-10(18-4-2)8-11(13)12(9-16)14(17)15/h5-6,8H,3-4,7H2,1-2H3. The average molecular weight is 263 g/mol. The Kier molecular flexibility index (Phi) is 3.78. The molecule has 0 atom stereocenters. The average Bonchev–Trinajstić information content (AvgIpc) is 2.63. The number of nitrogens with zero attached hydrogens (tertiary/aromatic N) is 2. The second-order valence-electron chi connectivity index (χ2n) is 4.04. The van der Waals surface area contributed by atoms with Crippen molar-refractivity contribution in [2.24, 2.45) is 0 Å². The fourth-order valence-electron chi connectivity index (χ4n) is 2.11. The van der Waals surface area contributed by atoms with Gasteiger partial charge in [0.15, 0.2) is 0 Å². The van der Waals surface area contributed by atoms with Crippen LogP contribution in [0.1, 0.15) is 25.8 Å². The number of nitriles is 1. The minimum absolute atomic E-state index is 0.517. The molecule has 0 aliphatic carbocycles. The minimum Gasteiger partial charge on any atom is -0.494 e. The molecule has 0 bridgehead atoms. The molecule has 0 unspecified atom stereocenters. The second-order valence-corrected chi connectivity index (χ2v) is 4.40. The van der Waals surface area contributed by atoms with Crippen molar-refractivity contribution in [3.63, 3.8) is 0 Å². The second kappa shape index (κ2) is 5.32. The van der Waals surface area contributed by atoms with Crippen molar-refractivity contribution < 1.29 is 4.74 Å². The van der Waals surface area contributed by atoms with Gasteiger partial charge in [-0.25, -0.2) is 0 Å². The third-order valence-electron chi connectivity index (χ3n) is 2.84. The molecule has 3 nitrogen and oxygen atoms in total. The molecule has 1 aromatic carbocycles. The van der Waals surface area contributed by atoms with E-state index in [4.69, 9.17) is 16.3 Å². The number of aromatic nitrogens is 1. The molecule has 0 saturated carbocycles. The van der Waals surface area contributed by atoms with Gasteiger partial charge in [-0.05, 0) is 31.5 Å². The molecule has 0 amide bonds. The molecule has 2 rings (SSSR count). The van der Waals surface area contributed by atoms with Crippen LogP contribution in [0.15, 0.2) is 18.2 Å².